The molecule has 0 saturated carbocycles. The summed E-state index contributed by atoms with van der Waals surface area (Å²) in [6, 6.07) is 3.69. The summed E-state index contributed by atoms with van der Waals surface area (Å²) in [7, 11) is 0. The molecule has 2 heterocycles. The number of aliphatic hydroxyl groups is 1. The Morgan fingerprint density at radius 3 is 2.71 bits per heavy atom. The summed E-state index contributed by atoms with van der Waals surface area (Å²) in [6.45, 7) is 1.89. The largest absolute Gasteiger partial charge is 0.368 e. The molecule has 4 nitrogen and oxygen atoms in total. The summed E-state index contributed by atoms with van der Waals surface area (Å²) in [6.07, 6.45) is 4.29. The molecule has 0 aliphatic carbocycles. The first-order chi connectivity index (χ1) is 6.75. The number of pyridine rings is 1. The van der Waals surface area contributed by atoms with Gasteiger partial charge >= 0.3 is 0 Å². The maximum atomic E-state index is 9.39. The van der Waals surface area contributed by atoms with Gasteiger partial charge in [0.05, 0.1) is 0 Å². The second-order valence-electron chi connectivity index (χ2n) is 3.10. The zero-order valence-electron chi connectivity index (χ0n) is 7.81. The fourth-order valence-corrected chi connectivity index (χ4v) is 1.31. The van der Waals surface area contributed by atoms with Crippen molar-refractivity contribution in [2.45, 2.75) is 13.2 Å². The second-order valence-corrected chi connectivity index (χ2v) is 3.10. The van der Waals surface area contributed by atoms with Gasteiger partial charge in [-0.1, -0.05) is 0 Å². The minimum atomic E-state index is -0.751. The number of rotatable bonds is 1. The monoisotopic (exact) mass is 189 g/mol. The van der Waals surface area contributed by atoms with Gasteiger partial charge in [0.2, 0.25) is 0 Å². The third kappa shape index (κ3) is 1.80. The van der Waals surface area contributed by atoms with E-state index in [9.17, 15) is 5.11 Å². The first-order valence-electron chi connectivity index (χ1n) is 4.37. The van der Waals surface area contributed by atoms with Crippen molar-refractivity contribution >= 4 is 5.84 Å². The van der Waals surface area contributed by atoms with Crippen LogP contribution in [0.25, 0.3) is 0 Å². The third-order valence-corrected chi connectivity index (χ3v) is 1.93. The van der Waals surface area contributed by atoms with Crippen LogP contribution in [0.2, 0.25) is 0 Å². The summed E-state index contributed by atoms with van der Waals surface area (Å²) in [4.78, 5) is 7.98. The molecule has 0 saturated heterocycles. The number of allylic oxidation sites excluding steroid dienone is 1. The number of hydrogen-bond donors (Lipinski definition) is 2. The van der Waals surface area contributed by atoms with E-state index in [1.54, 1.807) is 18.5 Å². The highest BCUT2D eigenvalue weighted by molar-refractivity contribution is 6.00. The number of hydrogen-bond acceptors (Lipinski definition) is 4. The average Bonchev–Trinajstić information content (AvgIpc) is 2.18. The number of aliphatic imine (C=N–C) groups is 1. The van der Waals surface area contributed by atoms with Crippen LogP contribution in [0.3, 0.4) is 0 Å². The first-order valence-corrected chi connectivity index (χ1v) is 4.37. The number of nitrogens with one attached hydrogen (secondary N) is 1. The highest BCUT2D eigenvalue weighted by Crippen LogP contribution is 2.07. The van der Waals surface area contributed by atoms with Crippen molar-refractivity contribution in [3.05, 3.63) is 41.9 Å². The van der Waals surface area contributed by atoms with Gasteiger partial charge in [0.1, 0.15) is 5.84 Å². The molecule has 1 aliphatic heterocycles. The quantitative estimate of drug-likeness (QED) is 0.682. The molecule has 0 amide bonds. The van der Waals surface area contributed by atoms with Crippen molar-refractivity contribution < 1.29 is 5.11 Å². The van der Waals surface area contributed by atoms with Gasteiger partial charge in [0, 0.05) is 23.7 Å². The molecular formula is C10H11N3O. The Kier molecular flexibility index (Phi) is 2.28. The summed E-state index contributed by atoms with van der Waals surface area (Å²) >= 11 is 0. The molecule has 0 spiro atoms. The molecule has 1 aliphatic rings. The molecular weight excluding hydrogens is 178 g/mol. The summed E-state index contributed by atoms with van der Waals surface area (Å²) < 4.78 is 0. The van der Waals surface area contributed by atoms with E-state index >= 15 is 0 Å². The predicted molar refractivity (Wildman–Crippen MR) is 53.7 cm³/mol. The molecule has 0 bridgehead atoms. The Morgan fingerprint density at radius 1 is 1.36 bits per heavy atom. The van der Waals surface area contributed by atoms with E-state index in [4.69, 9.17) is 0 Å². The lowest BCUT2D eigenvalue weighted by molar-refractivity contribution is 0.230. The molecule has 2 N–H and O–H groups in total. The fourth-order valence-electron chi connectivity index (χ4n) is 1.31. The molecule has 72 valence electrons. The van der Waals surface area contributed by atoms with Crippen molar-refractivity contribution in [3.63, 3.8) is 0 Å². The Morgan fingerprint density at radius 2 is 2.07 bits per heavy atom. The van der Waals surface area contributed by atoms with Crippen molar-refractivity contribution in [1.82, 2.24) is 10.3 Å². The van der Waals surface area contributed by atoms with Crippen LogP contribution in [0, 0.1) is 0 Å². The van der Waals surface area contributed by atoms with Crippen molar-refractivity contribution in [3.8, 4) is 0 Å². The molecule has 0 aromatic carbocycles. The van der Waals surface area contributed by atoms with E-state index in [-0.39, 0.29) is 0 Å². The number of aliphatic hydroxyl groups excluding tert-OH is 1. The lowest BCUT2D eigenvalue weighted by Gasteiger charge is -2.17. The molecule has 1 aromatic heterocycles. The molecule has 2 rings (SSSR count). The van der Waals surface area contributed by atoms with Crippen LogP contribution in [-0.2, 0) is 0 Å². The van der Waals surface area contributed by atoms with E-state index < -0.39 is 6.23 Å². The van der Waals surface area contributed by atoms with Crippen LogP contribution >= 0.6 is 0 Å². The van der Waals surface area contributed by atoms with E-state index in [1.165, 1.54) is 0 Å². The van der Waals surface area contributed by atoms with Gasteiger partial charge in [-0.15, -0.1) is 0 Å². The van der Waals surface area contributed by atoms with E-state index in [2.05, 4.69) is 15.3 Å². The predicted octanol–water partition coefficient (Wildman–Crippen LogP) is 0.654. The van der Waals surface area contributed by atoms with Crippen LogP contribution in [-0.4, -0.2) is 22.2 Å². The van der Waals surface area contributed by atoms with Crippen molar-refractivity contribution in [2.24, 2.45) is 4.99 Å². The zero-order chi connectivity index (χ0) is 9.97. The van der Waals surface area contributed by atoms with Gasteiger partial charge in [-0.05, 0) is 25.1 Å². The Bertz CT molecular complexity index is 384. The highest BCUT2D eigenvalue weighted by Gasteiger charge is 2.11. The molecule has 1 unspecified atom stereocenters. The molecule has 14 heavy (non-hydrogen) atoms. The third-order valence-electron chi connectivity index (χ3n) is 1.93. The van der Waals surface area contributed by atoms with Crippen LogP contribution in [0.5, 0.6) is 0 Å². The second kappa shape index (κ2) is 3.59. The minimum Gasteiger partial charge on any atom is -0.368 e. The first kappa shape index (κ1) is 8.90. The van der Waals surface area contributed by atoms with Gasteiger partial charge in [0.15, 0.2) is 6.23 Å². The smallest absolute Gasteiger partial charge is 0.168 e. The van der Waals surface area contributed by atoms with E-state index in [1.807, 2.05) is 19.1 Å². The molecule has 4 heteroatoms. The van der Waals surface area contributed by atoms with Gasteiger partial charge in [-0.25, -0.2) is 4.99 Å². The van der Waals surface area contributed by atoms with Gasteiger partial charge in [-0.2, -0.15) is 0 Å². The standard InChI is InChI=1S/C10H11N3O/c1-7-6-9(14)13-10(12-7)8-2-4-11-5-3-8/h2-6,9,14H,1H3,(H,12,13). The topological polar surface area (TPSA) is 57.5 Å². The van der Waals surface area contributed by atoms with Gasteiger partial charge in [-0.3, -0.25) is 4.98 Å². The minimum absolute atomic E-state index is 0.680. The SMILES string of the molecule is CC1=CC(O)N=C(c2ccncc2)N1. The molecule has 1 aromatic rings. The zero-order valence-corrected chi connectivity index (χ0v) is 7.81. The maximum absolute atomic E-state index is 9.39. The maximum Gasteiger partial charge on any atom is 0.168 e. The Labute approximate surface area is 82.0 Å². The lowest BCUT2D eigenvalue weighted by atomic mass is 10.2. The highest BCUT2D eigenvalue weighted by atomic mass is 16.3. The lowest BCUT2D eigenvalue weighted by Crippen LogP contribution is -2.29. The number of aromatic nitrogens is 1. The van der Waals surface area contributed by atoms with E-state index in [0.717, 1.165) is 11.3 Å². The summed E-state index contributed by atoms with van der Waals surface area (Å²) in [5, 5.41) is 12.5. The summed E-state index contributed by atoms with van der Waals surface area (Å²) in [5.41, 5.74) is 1.82. The van der Waals surface area contributed by atoms with Crippen LogP contribution in [0.1, 0.15) is 12.5 Å². The van der Waals surface area contributed by atoms with Gasteiger partial charge < -0.3 is 10.4 Å². The Hall–Kier alpha value is -1.68. The van der Waals surface area contributed by atoms with Crippen molar-refractivity contribution in [1.29, 1.82) is 0 Å². The van der Waals surface area contributed by atoms with Gasteiger partial charge in [0.25, 0.3) is 0 Å². The van der Waals surface area contributed by atoms with Crippen LogP contribution in [0.15, 0.2) is 41.3 Å². The summed E-state index contributed by atoms with van der Waals surface area (Å²) in [5.74, 6) is 0.680. The van der Waals surface area contributed by atoms with Crippen LogP contribution in [0.4, 0.5) is 0 Å². The fraction of sp³-hybridized carbons (Fsp3) is 0.200. The average molecular weight is 189 g/mol. The molecule has 0 fully saturated rings. The number of amidine groups is 1. The van der Waals surface area contributed by atoms with Crippen LogP contribution < -0.4 is 5.32 Å². The normalized spacial score (nSPS) is 20.9. The Balaban J connectivity index is 2.29. The number of nitrogens with zero attached hydrogens (tertiary/aromatic N) is 2. The van der Waals surface area contributed by atoms with E-state index in [0.29, 0.717) is 5.84 Å². The van der Waals surface area contributed by atoms with Crippen molar-refractivity contribution in [2.75, 3.05) is 0 Å². The molecule has 0 radical (unpaired) electrons. The molecule has 1 atom stereocenters.